The van der Waals surface area contributed by atoms with E-state index in [1.165, 1.54) is 17.5 Å². The van der Waals surface area contributed by atoms with Crippen LogP contribution in [0.3, 0.4) is 0 Å². The smallest absolute Gasteiger partial charge is 0.317 e. The number of fused-ring (bicyclic) bond motifs is 1. The molecule has 6 heteroatoms. The van der Waals surface area contributed by atoms with E-state index in [9.17, 15) is 4.79 Å². The Hall–Kier alpha value is -2.34. The number of carbonyl (C=O) groups excluding carboxylic acids is 1. The first-order valence-corrected chi connectivity index (χ1v) is 10.3. The highest BCUT2D eigenvalue weighted by Crippen LogP contribution is 2.26. The summed E-state index contributed by atoms with van der Waals surface area (Å²) in [6.45, 7) is 7.97. The molecule has 4 rings (SSSR count). The monoisotopic (exact) mass is 382 g/mol. The van der Waals surface area contributed by atoms with E-state index in [-0.39, 0.29) is 12.1 Å². The number of aromatic nitrogens is 2. The van der Waals surface area contributed by atoms with Crippen molar-refractivity contribution in [1.82, 2.24) is 20.0 Å². The molecular formula is C22H30N4O2. The lowest BCUT2D eigenvalue weighted by Crippen LogP contribution is -2.48. The first kappa shape index (κ1) is 19.0. The van der Waals surface area contributed by atoms with Gasteiger partial charge < -0.3 is 15.0 Å². The first-order valence-electron chi connectivity index (χ1n) is 10.3. The van der Waals surface area contributed by atoms with E-state index in [2.05, 4.69) is 37.5 Å². The summed E-state index contributed by atoms with van der Waals surface area (Å²) in [7, 11) is 0. The van der Waals surface area contributed by atoms with Crippen molar-refractivity contribution < 1.29 is 9.53 Å². The number of nitrogens with zero attached hydrogens (tertiary/aromatic N) is 3. The van der Waals surface area contributed by atoms with Gasteiger partial charge in [0.25, 0.3) is 0 Å². The molecule has 1 fully saturated rings. The minimum Gasteiger partial charge on any atom is -0.370 e. The number of carbonyl (C=O) groups is 1. The molecule has 0 spiro atoms. The number of hydrogen-bond acceptors (Lipinski definition) is 3. The van der Waals surface area contributed by atoms with Gasteiger partial charge in [-0.05, 0) is 35.8 Å². The fourth-order valence-electron chi connectivity index (χ4n) is 4.46. The van der Waals surface area contributed by atoms with Crippen molar-refractivity contribution in [1.29, 1.82) is 0 Å². The van der Waals surface area contributed by atoms with Gasteiger partial charge in [0.2, 0.25) is 0 Å². The number of urea groups is 1. The fraction of sp³-hybridized carbons (Fsp3) is 0.545. The van der Waals surface area contributed by atoms with Crippen LogP contribution in [0.2, 0.25) is 0 Å². The van der Waals surface area contributed by atoms with Gasteiger partial charge in [-0.1, -0.05) is 44.2 Å². The summed E-state index contributed by atoms with van der Waals surface area (Å²) in [5.74, 6) is 1.11. The van der Waals surface area contributed by atoms with Crippen molar-refractivity contribution in [3.05, 3.63) is 53.3 Å². The standard InChI is InChI=1S/C22H30N4O2/c1-16-10-17(2)13-25(12-16)22(27)23-11-20-21-19(8-9-28-20)15-26(24-21)14-18-6-4-3-5-7-18/h3-7,15-17,20H,8-14H2,1-2H3,(H,23,27)/t16-,17-,20-/m1/s1. The number of nitrogens with one attached hydrogen (secondary N) is 1. The number of hydrogen-bond donors (Lipinski definition) is 1. The van der Waals surface area contributed by atoms with Crippen LogP contribution >= 0.6 is 0 Å². The van der Waals surface area contributed by atoms with E-state index in [0.29, 0.717) is 25.0 Å². The van der Waals surface area contributed by atoms with E-state index in [0.717, 1.165) is 31.7 Å². The van der Waals surface area contributed by atoms with E-state index in [1.807, 2.05) is 27.8 Å². The summed E-state index contributed by atoms with van der Waals surface area (Å²) in [6, 6.07) is 10.3. The molecule has 2 aromatic rings. The largest absolute Gasteiger partial charge is 0.370 e. The van der Waals surface area contributed by atoms with Crippen LogP contribution in [0.15, 0.2) is 36.5 Å². The number of piperidine rings is 1. The maximum Gasteiger partial charge on any atom is 0.317 e. The minimum atomic E-state index is -0.177. The van der Waals surface area contributed by atoms with Gasteiger partial charge in [-0.2, -0.15) is 5.10 Å². The third-order valence-corrected chi connectivity index (χ3v) is 5.65. The molecule has 0 unspecified atom stereocenters. The normalized spacial score (nSPS) is 24.6. The Morgan fingerprint density at radius 2 is 1.96 bits per heavy atom. The Kier molecular flexibility index (Phi) is 5.67. The average molecular weight is 383 g/mol. The van der Waals surface area contributed by atoms with Gasteiger partial charge in [-0.25, -0.2) is 4.79 Å². The Morgan fingerprint density at radius 3 is 2.71 bits per heavy atom. The van der Waals surface area contributed by atoms with E-state index >= 15 is 0 Å². The fourth-order valence-corrected chi connectivity index (χ4v) is 4.46. The van der Waals surface area contributed by atoms with Crippen molar-refractivity contribution in [2.45, 2.75) is 39.3 Å². The molecule has 1 N–H and O–H groups in total. The quantitative estimate of drug-likeness (QED) is 0.883. The first-order chi connectivity index (χ1) is 13.6. The summed E-state index contributed by atoms with van der Waals surface area (Å²) >= 11 is 0. The minimum absolute atomic E-state index is 0.0119. The van der Waals surface area contributed by atoms with Crippen LogP contribution in [0, 0.1) is 11.8 Å². The Morgan fingerprint density at radius 1 is 1.21 bits per heavy atom. The number of likely N-dealkylation sites (tertiary alicyclic amines) is 1. The van der Waals surface area contributed by atoms with Crippen LogP contribution in [0.5, 0.6) is 0 Å². The van der Waals surface area contributed by atoms with E-state index < -0.39 is 0 Å². The van der Waals surface area contributed by atoms with Gasteiger partial charge in [-0.3, -0.25) is 4.68 Å². The Labute approximate surface area is 166 Å². The Balaban J connectivity index is 1.38. The molecule has 1 aromatic carbocycles. The van der Waals surface area contributed by atoms with Gasteiger partial charge in [0.1, 0.15) is 6.10 Å². The Bertz CT molecular complexity index is 794. The summed E-state index contributed by atoms with van der Waals surface area (Å²) in [5.41, 5.74) is 3.41. The molecule has 150 valence electrons. The summed E-state index contributed by atoms with van der Waals surface area (Å²) in [6.07, 6.45) is 4.01. The lowest BCUT2D eigenvalue weighted by molar-refractivity contribution is 0.0394. The molecule has 1 saturated heterocycles. The second-order valence-electron chi connectivity index (χ2n) is 8.37. The molecule has 2 amide bonds. The third-order valence-electron chi connectivity index (χ3n) is 5.65. The van der Waals surface area contributed by atoms with Gasteiger partial charge in [0.05, 0.1) is 25.4 Å². The number of ether oxygens (including phenoxy) is 1. The molecule has 2 aliphatic heterocycles. The van der Waals surface area contributed by atoms with E-state index in [4.69, 9.17) is 9.84 Å². The van der Waals surface area contributed by atoms with Gasteiger partial charge >= 0.3 is 6.03 Å². The molecule has 0 saturated carbocycles. The lowest BCUT2D eigenvalue weighted by Gasteiger charge is -2.35. The molecule has 0 bridgehead atoms. The average Bonchev–Trinajstić information content (AvgIpc) is 3.09. The van der Waals surface area contributed by atoms with Crippen molar-refractivity contribution in [2.75, 3.05) is 26.2 Å². The van der Waals surface area contributed by atoms with Crippen molar-refractivity contribution in [2.24, 2.45) is 11.8 Å². The highest BCUT2D eigenvalue weighted by Gasteiger charge is 2.28. The molecule has 1 aromatic heterocycles. The summed E-state index contributed by atoms with van der Waals surface area (Å²) in [5, 5.41) is 7.84. The van der Waals surface area contributed by atoms with Crippen LogP contribution in [0.25, 0.3) is 0 Å². The SMILES string of the molecule is C[C@@H]1C[C@@H](C)CN(C(=O)NC[C@H]2OCCc3cn(Cc4ccccc4)nc32)C1. The van der Waals surface area contributed by atoms with Gasteiger partial charge in [0.15, 0.2) is 0 Å². The van der Waals surface area contributed by atoms with E-state index in [1.54, 1.807) is 0 Å². The summed E-state index contributed by atoms with van der Waals surface area (Å²) in [4.78, 5) is 14.6. The van der Waals surface area contributed by atoms with Crippen molar-refractivity contribution in [3.8, 4) is 0 Å². The molecule has 0 aliphatic carbocycles. The second-order valence-corrected chi connectivity index (χ2v) is 8.37. The van der Waals surface area contributed by atoms with Crippen LogP contribution in [0.4, 0.5) is 4.79 Å². The molecule has 28 heavy (non-hydrogen) atoms. The van der Waals surface area contributed by atoms with Crippen molar-refractivity contribution >= 4 is 6.03 Å². The number of rotatable bonds is 4. The molecule has 2 aliphatic rings. The number of benzene rings is 1. The maximum absolute atomic E-state index is 12.6. The topological polar surface area (TPSA) is 59.4 Å². The molecule has 3 atom stereocenters. The van der Waals surface area contributed by atoms with Crippen LogP contribution in [-0.2, 0) is 17.7 Å². The maximum atomic E-state index is 12.6. The highest BCUT2D eigenvalue weighted by molar-refractivity contribution is 5.74. The van der Waals surface area contributed by atoms with Crippen molar-refractivity contribution in [3.63, 3.8) is 0 Å². The van der Waals surface area contributed by atoms with Crippen LogP contribution < -0.4 is 5.32 Å². The lowest BCUT2D eigenvalue weighted by atomic mass is 9.92. The third kappa shape index (κ3) is 4.38. The zero-order valence-electron chi connectivity index (χ0n) is 16.8. The van der Waals surface area contributed by atoms with Crippen LogP contribution in [0.1, 0.15) is 43.2 Å². The highest BCUT2D eigenvalue weighted by atomic mass is 16.5. The molecule has 6 nitrogen and oxygen atoms in total. The van der Waals surface area contributed by atoms with Gasteiger partial charge in [-0.15, -0.1) is 0 Å². The second kappa shape index (κ2) is 8.35. The molecular weight excluding hydrogens is 352 g/mol. The molecule has 0 radical (unpaired) electrons. The predicted molar refractivity (Wildman–Crippen MR) is 108 cm³/mol. The zero-order valence-corrected chi connectivity index (χ0v) is 16.8. The zero-order chi connectivity index (χ0) is 19.5. The number of amides is 2. The summed E-state index contributed by atoms with van der Waals surface area (Å²) < 4.78 is 7.92. The molecule has 3 heterocycles. The predicted octanol–water partition coefficient (Wildman–Crippen LogP) is 3.23. The van der Waals surface area contributed by atoms with Crippen LogP contribution in [-0.4, -0.2) is 47.0 Å². The van der Waals surface area contributed by atoms with Gasteiger partial charge in [0, 0.05) is 19.3 Å².